The molecule has 0 atom stereocenters. The summed E-state index contributed by atoms with van der Waals surface area (Å²) in [6.07, 6.45) is 0. The first-order valence-corrected chi connectivity index (χ1v) is 11.6. The molecule has 0 spiro atoms. The van der Waals surface area contributed by atoms with Gasteiger partial charge < -0.3 is 13.7 Å². The van der Waals surface area contributed by atoms with Gasteiger partial charge in [0.05, 0.1) is 7.11 Å². The van der Waals surface area contributed by atoms with Crippen LogP contribution in [0.2, 0.25) is 0 Å². The summed E-state index contributed by atoms with van der Waals surface area (Å²) in [4.78, 5) is 12.8. The Bertz CT molecular complexity index is 1460. The number of para-hydroxylation sites is 1. The molecule has 168 valence electrons. The van der Waals surface area contributed by atoms with Gasteiger partial charge in [-0.3, -0.25) is 0 Å². The highest BCUT2D eigenvalue weighted by Crippen LogP contribution is 2.30. The molecule has 0 amide bonds. The number of carbonyl (C=O) groups is 1. The molecule has 4 rings (SSSR count). The molecule has 0 saturated carbocycles. The van der Waals surface area contributed by atoms with E-state index in [1.54, 1.807) is 37.3 Å². The number of methoxy groups -OCH3 is 1. The van der Waals surface area contributed by atoms with Gasteiger partial charge >= 0.3 is 16.1 Å². The predicted molar refractivity (Wildman–Crippen MR) is 126 cm³/mol. The lowest BCUT2D eigenvalue weighted by molar-refractivity contribution is 0.0733. The van der Waals surface area contributed by atoms with E-state index in [4.69, 9.17) is 13.7 Å². The molecule has 4 aromatic rings. The normalized spacial score (nSPS) is 11.2. The van der Waals surface area contributed by atoms with Gasteiger partial charge in [-0.05, 0) is 60.0 Å². The number of benzene rings is 4. The quantitative estimate of drug-likeness (QED) is 0.215. The maximum absolute atomic E-state index is 13.1. The van der Waals surface area contributed by atoms with E-state index < -0.39 is 16.1 Å². The zero-order valence-corrected chi connectivity index (χ0v) is 19.2. The highest BCUT2D eigenvalue weighted by molar-refractivity contribution is 7.87. The lowest BCUT2D eigenvalue weighted by Crippen LogP contribution is -2.16. The zero-order valence-electron chi connectivity index (χ0n) is 18.4. The lowest BCUT2D eigenvalue weighted by atomic mass is 10.1. The fourth-order valence-electron chi connectivity index (χ4n) is 3.57. The van der Waals surface area contributed by atoms with Crippen molar-refractivity contribution in [1.82, 2.24) is 0 Å². The Morgan fingerprint density at radius 1 is 0.758 bits per heavy atom. The van der Waals surface area contributed by atoms with Crippen molar-refractivity contribution in [1.29, 1.82) is 0 Å². The van der Waals surface area contributed by atoms with Gasteiger partial charge in [-0.25, -0.2) is 4.79 Å². The topological polar surface area (TPSA) is 78.9 Å². The van der Waals surface area contributed by atoms with E-state index in [-0.39, 0.29) is 16.2 Å². The Hall–Kier alpha value is -3.84. The van der Waals surface area contributed by atoms with Crippen molar-refractivity contribution >= 4 is 26.9 Å². The summed E-state index contributed by atoms with van der Waals surface area (Å²) in [5.41, 5.74) is 1.30. The van der Waals surface area contributed by atoms with Crippen LogP contribution < -0.4 is 13.7 Å². The summed E-state index contributed by atoms with van der Waals surface area (Å²) < 4.78 is 42.2. The van der Waals surface area contributed by atoms with Crippen LogP contribution in [0.5, 0.6) is 17.2 Å². The van der Waals surface area contributed by atoms with Crippen LogP contribution in [0.15, 0.2) is 83.8 Å². The molecular weight excluding hydrogens is 440 g/mol. The second-order valence-corrected chi connectivity index (χ2v) is 9.03. The molecule has 0 radical (unpaired) electrons. The van der Waals surface area contributed by atoms with Gasteiger partial charge in [0.25, 0.3) is 0 Å². The number of esters is 1. The maximum atomic E-state index is 13.1. The second kappa shape index (κ2) is 8.96. The van der Waals surface area contributed by atoms with Crippen molar-refractivity contribution in [3.05, 3.63) is 95.6 Å². The minimum Gasteiger partial charge on any atom is -0.496 e. The molecule has 0 saturated heterocycles. The van der Waals surface area contributed by atoms with E-state index >= 15 is 0 Å². The SMILES string of the molecule is COc1cc(S(=O)(=O)Oc2ccccc2C(=O)Oc2ccc3ccccc3c2)c(C)cc1C. The standard InChI is InChI=1S/C26H22O6S/c1-17-14-18(2)25(16-24(17)30-3)33(28,29)32-23-11-7-6-10-22(23)26(27)31-21-13-12-19-8-4-5-9-20(19)15-21/h4-16H,1-3H3. The molecule has 0 unspecified atom stereocenters. The van der Waals surface area contributed by atoms with Crippen LogP contribution in [0.1, 0.15) is 21.5 Å². The van der Waals surface area contributed by atoms with Crippen molar-refractivity contribution in [2.75, 3.05) is 7.11 Å². The monoisotopic (exact) mass is 462 g/mol. The van der Waals surface area contributed by atoms with Crippen LogP contribution in [0, 0.1) is 13.8 Å². The average molecular weight is 463 g/mol. The Morgan fingerprint density at radius 2 is 1.45 bits per heavy atom. The van der Waals surface area contributed by atoms with E-state index in [0.29, 0.717) is 17.1 Å². The van der Waals surface area contributed by atoms with E-state index in [9.17, 15) is 13.2 Å². The maximum Gasteiger partial charge on any atom is 0.347 e. The smallest absolute Gasteiger partial charge is 0.347 e. The predicted octanol–water partition coefficient (Wildman–Crippen LogP) is 5.45. The van der Waals surface area contributed by atoms with Crippen LogP contribution in [0.4, 0.5) is 0 Å². The second-order valence-electron chi connectivity index (χ2n) is 7.52. The molecule has 0 aromatic heterocycles. The molecule has 0 heterocycles. The van der Waals surface area contributed by atoms with Crippen LogP contribution >= 0.6 is 0 Å². The van der Waals surface area contributed by atoms with Crippen molar-refractivity contribution in [3.8, 4) is 17.2 Å². The molecule has 0 aliphatic carbocycles. The van der Waals surface area contributed by atoms with Crippen molar-refractivity contribution in [3.63, 3.8) is 0 Å². The van der Waals surface area contributed by atoms with Crippen molar-refractivity contribution in [2.45, 2.75) is 18.7 Å². The van der Waals surface area contributed by atoms with Crippen LogP contribution in [-0.4, -0.2) is 21.5 Å². The van der Waals surface area contributed by atoms with E-state index in [2.05, 4.69) is 0 Å². The van der Waals surface area contributed by atoms with Gasteiger partial charge in [-0.15, -0.1) is 0 Å². The van der Waals surface area contributed by atoms with Crippen molar-refractivity contribution < 1.29 is 26.9 Å². The number of ether oxygens (including phenoxy) is 2. The first-order valence-electron chi connectivity index (χ1n) is 10.2. The minimum atomic E-state index is -4.24. The fraction of sp³-hybridized carbons (Fsp3) is 0.115. The highest BCUT2D eigenvalue weighted by atomic mass is 32.2. The molecule has 0 aliphatic heterocycles. The molecular formula is C26H22O6S. The van der Waals surface area contributed by atoms with Gasteiger partial charge in [0.2, 0.25) is 0 Å². The summed E-state index contributed by atoms with van der Waals surface area (Å²) in [6, 6.07) is 22.1. The van der Waals surface area contributed by atoms with Gasteiger partial charge in [0, 0.05) is 6.07 Å². The van der Waals surface area contributed by atoms with Gasteiger partial charge in [0.15, 0.2) is 5.75 Å². The third-order valence-corrected chi connectivity index (χ3v) is 6.58. The summed E-state index contributed by atoms with van der Waals surface area (Å²) >= 11 is 0. The molecule has 0 N–H and O–H groups in total. The summed E-state index contributed by atoms with van der Waals surface area (Å²) in [6.45, 7) is 3.49. The minimum absolute atomic E-state index is 0.00837. The number of rotatable bonds is 6. The first-order chi connectivity index (χ1) is 15.8. The summed E-state index contributed by atoms with van der Waals surface area (Å²) in [7, 11) is -2.77. The molecule has 0 bridgehead atoms. The molecule has 4 aromatic carbocycles. The zero-order chi connectivity index (χ0) is 23.6. The van der Waals surface area contributed by atoms with E-state index in [1.165, 1.54) is 25.3 Å². The lowest BCUT2D eigenvalue weighted by Gasteiger charge is -2.14. The number of aryl methyl sites for hydroxylation is 2. The van der Waals surface area contributed by atoms with Crippen LogP contribution in [-0.2, 0) is 10.1 Å². The number of fused-ring (bicyclic) bond motifs is 1. The van der Waals surface area contributed by atoms with E-state index in [1.807, 2.05) is 37.3 Å². The average Bonchev–Trinajstić information content (AvgIpc) is 2.79. The van der Waals surface area contributed by atoms with Gasteiger partial charge in [0.1, 0.15) is 22.0 Å². The van der Waals surface area contributed by atoms with E-state index in [0.717, 1.165) is 16.3 Å². The molecule has 0 aliphatic rings. The number of hydrogen-bond donors (Lipinski definition) is 0. The number of carbonyl (C=O) groups excluding carboxylic acids is 1. The van der Waals surface area contributed by atoms with Crippen LogP contribution in [0.25, 0.3) is 10.8 Å². The largest absolute Gasteiger partial charge is 0.496 e. The third-order valence-electron chi connectivity index (χ3n) is 5.20. The third kappa shape index (κ3) is 4.68. The van der Waals surface area contributed by atoms with Crippen molar-refractivity contribution in [2.24, 2.45) is 0 Å². The summed E-state index contributed by atoms with van der Waals surface area (Å²) in [5, 5.41) is 1.93. The Labute approximate surface area is 192 Å². The Balaban J connectivity index is 1.64. The molecule has 33 heavy (non-hydrogen) atoms. The Morgan fingerprint density at radius 3 is 2.21 bits per heavy atom. The Kier molecular flexibility index (Phi) is 6.07. The molecule has 6 nitrogen and oxygen atoms in total. The molecule has 0 fully saturated rings. The highest BCUT2D eigenvalue weighted by Gasteiger charge is 2.25. The van der Waals surface area contributed by atoms with Gasteiger partial charge in [-0.1, -0.05) is 48.5 Å². The number of hydrogen-bond acceptors (Lipinski definition) is 6. The fourth-order valence-corrected chi connectivity index (χ4v) is 4.74. The summed E-state index contributed by atoms with van der Waals surface area (Å²) in [5.74, 6) is -0.0845. The van der Waals surface area contributed by atoms with Gasteiger partial charge in [-0.2, -0.15) is 8.42 Å². The first kappa shape index (κ1) is 22.4. The molecule has 7 heteroatoms. The van der Waals surface area contributed by atoms with Crippen LogP contribution in [0.3, 0.4) is 0 Å².